The standard InChI is InChI=1S/C17H18Cl2N6O/c1-2-5-20-15-13-9-24-25(16(13)23-10-22-15)7-6-21-17(26)12-4-3-11(18)8-14(12)19/h3-4,8-10H,2,5-7H2,1H3,(H,21,26)(H,20,22,23). The molecule has 136 valence electrons. The molecule has 0 fully saturated rings. The Morgan fingerprint density at radius 2 is 2.08 bits per heavy atom. The Balaban J connectivity index is 1.65. The number of benzene rings is 1. The lowest BCUT2D eigenvalue weighted by Crippen LogP contribution is -2.27. The topological polar surface area (TPSA) is 84.7 Å². The Labute approximate surface area is 160 Å². The van der Waals surface area contributed by atoms with E-state index < -0.39 is 0 Å². The van der Waals surface area contributed by atoms with Crippen LogP contribution in [0.4, 0.5) is 5.82 Å². The Bertz CT molecular complexity index is 927. The summed E-state index contributed by atoms with van der Waals surface area (Å²) in [6, 6.07) is 4.77. The zero-order chi connectivity index (χ0) is 18.5. The van der Waals surface area contributed by atoms with Crippen LogP contribution >= 0.6 is 23.2 Å². The average molecular weight is 393 g/mol. The number of amides is 1. The van der Waals surface area contributed by atoms with Gasteiger partial charge in [0.05, 0.1) is 28.7 Å². The van der Waals surface area contributed by atoms with E-state index in [1.807, 2.05) is 0 Å². The summed E-state index contributed by atoms with van der Waals surface area (Å²) >= 11 is 11.9. The molecule has 1 aromatic carbocycles. The van der Waals surface area contributed by atoms with E-state index in [9.17, 15) is 4.79 Å². The molecule has 1 amide bonds. The minimum atomic E-state index is -0.261. The molecule has 26 heavy (non-hydrogen) atoms. The highest BCUT2D eigenvalue weighted by Gasteiger charge is 2.12. The van der Waals surface area contributed by atoms with E-state index in [-0.39, 0.29) is 5.91 Å². The first-order chi connectivity index (χ1) is 12.6. The van der Waals surface area contributed by atoms with Gasteiger partial charge in [0.25, 0.3) is 5.91 Å². The molecule has 0 saturated carbocycles. The molecule has 0 aliphatic rings. The van der Waals surface area contributed by atoms with Gasteiger partial charge in [-0.15, -0.1) is 0 Å². The van der Waals surface area contributed by atoms with Crippen molar-refractivity contribution in [2.24, 2.45) is 0 Å². The van der Waals surface area contributed by atoms with Crippen molar-refractivity contribution in [1.82, 2.24) is 25.1 Å². The molecule has 0 radical (unpaired) electrons. The van der Waals surface area contributed by atoms with Crippen LogP contribution < -0.4 is 10.6 Å². The van der Waals surface area contributed by atoms with Gasteiger partial charge in [0.1, 0.15) is 12.1 Å². The van der Waals surface area contributed by atoms with Gasteiger partial charge in [-0.2, -0.15) is 5.10 Å². The van der Waals surface area contributed by atoms with Crippen LogP contribution in [-0.2, 0) is 6.54 Å². The summed E-state index contributed by atoms with van der Waals surface area (Å²) in [6.07, 6.45) is 4.23. The first kappa shape index (κ1) is 18.4. The predicted octanol–water partition coefficient (Wildman–Crippen LogP) is 3.39. The van der Waals surface area contributed by atoms with Crippen LogP contribution in [0.3, 0.4) is 0 Å². The summed E-state index contributed by atoms with van der Waals surface area (Å²) in [7, 11) is 0. The monoisotopic (exact) mass is 392 g/mol. The van der Waals surface area contributed by atoms with Crippen LogP contribution in [0.2, 0.25) is 10.0 Å². The largest absolute Gasteiger partial charge is 0.369 e. The molecule has 0 atom stereocenters. The Kier molecular flexibility index (Phi) is 5.90. The summed E-state index contributed by atoms with van der Waals surface area (Å²) in [5.41, 5.74) is 1.10. The summed E-state index contributed by atoms with van der Waals surface area (Å²) in [5, 5.41) is 12.1. The van der Waals surface area contributed by atoms with Gasteiger partial charge in [0.15, 0.2) is 5.65 Å². The number of fused-ring (bicyclic) bond motifs is 1. The summed E-state index contributed by atoms with van der Waals surface area (Å²) in [5.74, 6) is 0.503. The molecule has 0 saturated heterocycles. The normalized spacial score (nSPS) is 10.9. The molecule has 0 spiro atoms. The van der Waals surface area contributed by atoms with E-state index in [0.29, 0.717) is 28.7 Å². The summed E-state index contributed by atoms with van der Waals surface area (Å²) in [6.45, 7) is 3.78. The van der Waals surface area contributed by atoms with Gasteiger partial charge in [0.2, 0.25) is 0 Å². The van der Waals surface area contributed by atoms with Crippen molar-refractivity contribution in [2.75, 3.05) is 18.4 Å². The Morgan fingerprint density at radius 3 is 2.85 bits per heavy atom. The minimum Gasteiger partial charge on any atom is -0.369 e. The molecule has 9 heteroatoms. The first-order valence-electron chi connectivity index (χ1n) is 8.23. The maximum Gasteiger partial charge on any atom is 0.252 e. The highest BCUT2D eigenvalue weighted by Crippen LogP contribution is 2.21. The minimum absolute atomic E-state index is 0.261. The van der Waals surface area contributed by atoms with Gasteiger partial charge < -0.3 is 10.6 Å². The van der Waals surface area contributed by atoms with Crippen molar-refractivity contribution in [3.63, 3.8) is 0 Å². The van der Waals surface area contributed by atoms with Gasteiger partial charge in [-0.3, -0.25) is 4.79 Å². The van der Waals surface area contributed by atoms with Crippen LogP contribution in [0.1, 0.15) is 23.7 Å². The molecule has 3 aromatic rings. The zero-order valence-corrected chi connectivity index (χ0v) is 15.7. The maximum atomic E-state index is 12.2. The van der Waals surface area contributed by atoms with E-state index in [1.165, 1.54) is 6.33 Å². The van der Waals surface area contributed by atoms with Crippen molar-refractivity contribution >= 4 is 46.0 Å². The second-order valence-corrected chi connectivity index (χ2v) is 6.48. The van der Waals surface area contributed by atoms with Crippen molar-refractivity contribution in [2.45, 2.75) is 19.9 Å². The van der Waals surface area contributed by atoms with Crippen molar-refractivity contribution in [3.8, 4) is 0 Å². The number of carbonyl (C=O) groups excluding carboxylic acids is 1. The van der Waals surface area contributed by atoms with Gasteiger partial charge >= 0.3 is 0 Å². The molecule has 2 aromatic heterocycles. The lowest BCUT2D eigenvalue weighted by Gasteiger charge is -2.08. The molecule has 2 N–H and O–H groups in total. The SMILES string of the molecule is CCCNc1ncnc2c1cnn2CCNC(=O)c1ccc(Cl)cc1Cl. The number of anilines is 1. The molecule has 0 unspecified atom stereocenters. The first-order valence-corrected chi connectivity index (χ1v) is 8.99. The number of carbonyl (C=O) groups is 1. The third-order valence-corrected chi connectivity index (χ3v) is 4.31. The number of hydrogen-bond acceptors (Lipinski definition) is 5. The quantitative estimate of drug-likeness (QED) is 0.643. The van der Waals surface area contributed by atoms with Gasteiger partial charge in [-0.1, -0.05) is 30.1 Å². The number of hydrogen-bond donors (Lipinski definition) is 2. The van der Waals surface area contributed by atoms with Gasteiger partial charge in [-0.05, 0) is 24.6 Å². The highest BCUT2D eigenvalue weighted by molar-refractivity contribution is 6.36. The number of nitrogens with zero attached hydrogens (tertiary/aromatic N) is 4. The van der Waals surface area contributed by atoms with E-state index >= 15 is 0 Å². The third-order valence-electron chi connectivity index (χ3n) is 3.76. The summed E-state index contributed by atoms with van der Waals surface area (Å²) in [4.78, 5) is 20.8. The zero-order valence-electron chi connectivity index (χ0n) is 14.2. The molecule has 0 bridgehead atoms. The molecule has 0 aliphatic heterocycles. The van der Waals surface area contributed by atoms with Crippen molar-refractivity contribution in [1.29, 1.82) is 0 Å². The average Bonchev–Trinajstić information content (AvgIpc) is 3.03. The van der Waals surface area contributed by atoms with E-state index in [4.69, 9.17) is 23.2 Å². The molecule has 7 nitrogen and oxygen atoms in total. The Hall–Kier alpha value is -2.38. The van der Waals surface area contributed by atoms with E-state index in [0.717, 1.165) is 29.8 Å². The smallest absolute Gasteiger partial charge is 0.252 e. The van der Waals surface area contributed by atoms with E-state index in [2.05, 4.69) is 32.6 Å². The van der Waals surface area contributed by atoms with Gasteiger partial charge in [-0.25, -0.2) is 14.6 Å². The Morgan fingerprint density at radius 1 is 1.23 bits per heavy atom. The fraction of sp³-hybridized carbons (Fsp3) is 0.294. The van der Waals surface area contributed by atoms with E-state index in [1.54, 1.807) is 29.1 Å². The second-order valence-electron chi connectivity index (χ2n) is 5.63. The van der Waals surface area contributed by atoms with Crippen LogP contribution in [0.15, 0.2) is 30.7 Å². The van der Waals surface area contributed by atoms with Crippen LogP contribution in [-0.4, -0.2) is 38.7 Å². The number of rotatable bonds is 7. The molecular formula is C17H18Cl2N6O. The maximum absolute atomic E-state index is 12.2. The fourth-order valence-electron chi connectivity index (χ4n) is 2.49. The van der Waals surface area contributed by atoms with Crippen LogP contribution in [0.5, 0.6) is 0 Å². The predicted molar refractivity (Wildman–Crippen MR) is 103 cm³/mol. The molecule has 3 rings (SSSR count). The lowest BCUT2D eigenvalue weighted by atomic mass is 10.2. The molecular weight excluding hydrogens is 375 g/mol. The van der Waals surface area contributed by atoms with Crippen LogP contribution in [0.25, 0.3) is 11.0 Å². The fourth-order valence-corrected chi connectivity index (χ4v) is 2.98. The van der Waals surface area contributed by atoms with Gasteiger partial charge in [0, 0.05) is 18.1 Å². The summed E-state index contributed by atoms with van der Waals surface area (Å²) < 4.78 is 1.73. The highest BCUT2D eigenvalue weighted by atomic mass is 35.5. The molecule has 2 heterocycles. The number of aromatic nitrogens is 4. The number of nitrogens with one attached hydrogen (secondary N) is 2. The molecule has 0 aliphatic carbocycles. The third kappa shape index (κ3) is 4.05. The number of halogens is 2. The van der Waals surface area contributed by atoms with Crippen molar-refractivity contribution < 1.29 is 4.79 Å². The second kappa shape index (κ2) is 8.33. The van der Waals surface area contributed by atoms with Crippen LogP contribution in [0, 0.1) is 0 Å². The lowest BCUT2D eigenvalue weighted by molar-refractivity contribution is 0.0952. The van der Waals surface area contributed by atoms with Crippen molar-refractivity contribution in [3.05, 3.63) is 46.3 Å².